The largest absolute Gasteiger partial charge is 0.490 e. The number of carbonyl (C=O) groups is 1. The Morgan fingerprint density at radius 2 is 1.76 bits per heavy atom. The fourth-order valence-electron chi connectivity index (χ4n) is 3.54. The Labute approximate surface area is 170 Å². The standard InChI is InChI=1S/C22H20F3NO2S/c1-14(27)20-12-15-2-7-19(13-21(15)29-20)28-18-8-10-26(11-9-18)17-5-3-16(4-6-17)22(23,24)25/h2-7,12-13,18H,8-11H2,1H3. The molecule has 2 heterocycles. The zero-order valence-electron chi connectivity index (χ0n) is 15.8. The summed E-state index contributed by atoms with van der Waals surface area (Å²) in [6.45, 7) is 3.02. The molecular formula is C22H20F3NO2S. The van der Waals surface area contributed by atoms with E-state index in [0.29, 0.717) is 0 Å². The maximum absolute atomic E-state index is 12.7. The van der Waals surface area contributed by atoms with Crippen molar-refractivity contribution in [1.29, 1.82) is 0 Å². The normalized spacial score (nSPS) is 15.7. The molecule has 29 heavy (non-hydrogen) atoms. The highest BCUT2D eigenvalue weighted by Crippen LogP contribution is 2.33. The maximum atomic E-state index is 12.7. The van der Waals surface area contributed by atoms with E-state index in [1.165, 1.54) is 23.5 Å². The number of rotatable bonds is 4. The molecule has 1 aromatic heterocycles. The van der Waals surface area contributed by atoms with Crippen LogP contribution < -0.4 is 9.64 Å². The van der Waals surface area contributed by atoms with E-state index in [1.807, 2.05) is 24.3 Å². The molecule has 0 saturated carbocycles. The van der Waals surface area contributed by atoms with Crippen molar-refractivity contribution in [3.8, 4) is 5.75 Å². The van der Waals surface area contributed by atoms with Gasteiger partial charge in [0.2, 0.25) is 0 Å². The van der Waals surface area contributed by atoms with Crippen LogP contribution in [-0.4, -0.2) is 25.0 Å². The maximum Gasteiger partial charge on any atom is 0.416 e. The van der Waals surface area contributed by atoms with Crippen LogP contribution in [-0.2, 0) is 6.18 Å². The van der Waals surface area contributed by atoms with Gasteiger partial charge in [-0.2, -0.15) is 13.2 Å². The van der Waals surface area contributed by atoms with Gasteiger partial charge in [0.15, 0.2) is 5.78 Å². The van der Waals surface area contributed by atoms with Crippen molar-refractivity contribution in [3.63, 3.8) is 0 Å². The van der Waals surface area contributed by atoms with Crippen LogP contribution in [0.3, 0.4) is 0 Å². The van der Waals surface area contributed by atoms with E-state index < -0.39 is 11.7 Å². The first kappa shape index (κ1) is 19.8. The molecule has 2 aromatic carbocycles. The molecule has 3 aromatic rings. The van der Waals surface area contributed by atoms with Gasteiger partial charge in [0.05, 0.1) is 10.4 Å². The summed E-state index contributed by atoms with van der Waals surface area (Å²) in [7, 11) is 0. The van der Waals surface area contributed by atoms with Crippen molar-refractivity contribution >= 4 is 32.9 Å². The summed E-state index contributed by atoms with van der Waals surface area (Å²) in [6, 6.07) is 13.1. The molecule has 1 aliphatic rings. The SMILES string of the molecule is CC(=O)c1cc2ccc(OC3CCN(c4ccc(C(F)(F)F)cc4)CC3)cc2s1. The average Bonchev–Trinajstić information content (AvgIpc) is 3.12. The number of benzene rings is 2. The third kappa shape index (κ3) is 4.40. The second-order valence-electron chi connectivity index (χ2n) is 7.22. The fraction of sp³-hybridized carbons (Fsp3) is 0.318. The minimum atomic E-state index is -4.31. The minimum Gasteiger partial charge on any atom is -0.490 e. The Hall–Kier alpha value is -2.54. The van der Waals surface area contributed by atoms with E-state index in [4.69, 9.17) is 4.74 Å². The second kappa shape index (κ2) is 7.71. The molecule has 1 saturated heterocycles. The van der Waals surface area contributed by atoms with Gasteiger partial charge >= 0.3 is 6.18 Å². The molecule has 0 unspecified atom stereocenters. The Bertz CT molecular complexity index is 1020. The Kier molecular flexibility index (Phi) is 5.25. The van der Waals surface area contributed by atoms with Gasteiger partial charge in [0.1, 0.15) is 11.9 Å². The Morgan fingerprint density at radius 1 is 1.07 bits per heavy atom. The molecule has 7 heteroatoms. The number of thiophene rings is 1. The lowest BCUT2D eigenvalue weighted by molar-refractivity contribution is -0.137. The minimum absolute atomic E-state index is 0.0595. The van der Waals surface area contributed by atoms with Crippen LogP contribution in [0.25, 0.3) is 10.1 Å². The van der Waals surface area contributed by atoms with Crippen LogP contribution in [0.15, 0.2) is 48.5 Å². The van der Waals surface area contributed by atoms with Crippen molar-refractivity contribution in [2.24, 2.45) is 0 Å². The third-order valence-corrected chi connectivity index (χ3v) is 6.34. The monoisotopic (exact) mass is 419 g/mol. The van der Waals surface area contributed by atoms with E-state index in [1.54, 1.807) is 6.92 Å². The number of piperidine rings is 1. The predicted molar refractivity (Wildman–Crippen MR) is 109 cm³/mol. The topological polar surface area (TPSA) is 29.5 Å². The number of ketones is 1. The number of nitrogens with zero attached hydrogens (tertiary/aromatic N) is 1. The highest BCUT2D eigenvalue weighted by atomic mass is 32.1. The van der Waals surface area contributed by atoms with E-state index in [0.717, 1.165) is 64.5 Å². The van der Waals surface area contributed by atoms with Crippen LogP contribution in [0.4, 0.5) is 18.9 Å². The first-order chi connectivity index (χ1) is 13.8. The van der Waals surface area contributed by atoms with Gasteiger partial charge in [-0.15, -0.1) is 11.3 Å². The van der Waals surface area contributed by atoms with Crippen molar-refractivity contribution in [2.45, 2.75) is 32.0 Å². The van der Waals surface area contributed by atoms with Gasteiger partial charge in [0, 0.05) is 36.3 Å². The lowest BCUT2D eigenvalue weighted by Gasteiger charge is -2.33. The second-order valence-corrected chi connectivity index (χ2v) is 8.30. The van der Waals surface area contributed by atoms with Crippen molar-refractivity contribution < 1.29 is 22.7 Å². The van der Waals surface area contributed by atoms with Crippen LogP contribution in [0.1, 0.15) is 35.0 Å². The quantitative estimate of drug-likeness (QED) is 0.474. The molecule has 152 valence electrons. The number of anilines is 1. The molecule has 4 rings (SSSR count). The molecule has 0 amide bonds. The van der Waals surface area contributed by atoms with Gasteiger partial charge in [-0.05, 0) is 60.8 Å². The molecular weight excluding hydrogens is 399 g/mol. The summed E-state index contributed by atoms with van der Waals surface area (Å²) in [4.78, 5) is 14.4. The number of alkyl halides is 3. The first-order valence-corrected chi connectivity index (χ1v) is 10.2. The zero-order chi connectivity index (χ0) is 20.6. The van der Waals surface area contributed by atoms with Gasteiger partial charge in [-0.25, -0.2) is 0 Å². The highest BCUT2D eigenvalue weighted by molar-refractivity contribution is 7.20. The number of fused-ring (bicyclic) bond motifs is 1. The summed E-state index contributed by atoms with van der Waals surface area (Å²) in [5.74, 6) is 0.840. The smallest absolute Gasteiger partial charge is 0.416 e. The van der Waals surface area contributed by atoms with E-state index in [-0.39, 0.29) is 11.9 Å². The summed E-state index contributed by atoms with van der Waals surface area (Å²) >= 11 is 1.46. The molecule has 0 N–H and O–H groups in total. The van der Waals surface area contributed by atoms with Crippen LogP contribution in [0.5, 0.6) is 5.75 Å². The number of ether oxygens (including phenoxy) is 1. The van der Waals surface area contributed by atoms with Gasteiger partial charge < -0.3 is 9.64 Å². The third-order valence-electron chi connectivity index (χ3n) is 5.14. The molecule has 1 fully saturated rings. The highest BCUT2D eigenvalue weighted by Gasteiger charge is 2.30. The summed E-state index contributed by atoms with van der Waals surface area (Å²) < 4.78 is 45.3. The molecule has 0 radical (unpaired) electrons. The van der Waals surface area contributed by atoms with Crippen LogP contribution in [0.2, 0.25) is 0 Å². The van der Waals surface area contributed by atoms with Crippen molar-refractivity contribution in [1.82, 2.24) is 0 Å². The summed E-state index contributed by atoms with van der Waals surface area (Å²) in [5, 5.41) is 1.03. The molecule has 0 spiro atoms. The molecule has 3 nitrogen and oxygen atoms in total. The van der Waals surface area contributed by atoms with Gasteiger partial charge in [0.25, 0.3) is 0 Å². The lowest BCUT2D eigenvalue weighted by Crippen LogP contribution is -2.38. The summed E-state index contributed by atoms with van der Waals surface area (Å²) in [5.41, 5.74) is 0.171. The molecule has 0 atom stereocenters. The molecule has 0 bridgehead atoms. The van der Waals surface area contributed by atoms with E-state index >= 15 is 0 Å². The van der Waals surface area contributed by atoms with E-state index in [2.05, 4.69) is 4.90 Å². The van der Waals surface area contributed by atoms with Gasteiger partial charge in [-0.1, -0.05) is 0 Å². The fourth-order valence-corrected chi connectivity index (χ4v) is 4.53. The van der Waals surface area contributed by atoms with Crippen molar-refractivity contribution in [3.05, 3.63) is 59.0 Å². The number of carbonyl (C=O) groups excluding carboxylic acids is 1. The number of halogens is 3. The Balaban J connectivity index is 1.37. The van der Waals surface area contributed by atoms with E-state index in [9.17, 15) is 18.0 Å². The van der Waals surface area contributed by atoms with Crippen LogP contribution >= 0.6 is 11.3 Å². The molecule has 1 aliphatic heterocycles. The predicted octanol–water partition coefficient (Wildman–Crippen LogP) is 6.17. The van der Waals surface area contributed by atoms with Crippen molar-refractivity contribution in [2.75, 3.05) is 18.0 Å². The van der Waals surface area contributed by atoms with Gasteiger partial charge in [-0.3, -0.25) is 4.79 Å². The Morgan fingerprint density at radius 3 is 2.38 bits per heavy atom. The summed E-state index contributed by atoms with van der Waals surface area (Å²) in [6.07, 6.45) is -2.66. The lowest BCUT2D eigenvalue weighted by atomic mass is 10.1. The average molecular weight is 419 g/mol. The first-order valence-electron chi connectivity index (χ1n) is 9.43. The number of hydrogen-bond acceptors (Lipinski definition) is 4. The number of hydrogen-bond donors (Lipinski definition) is 0. The molecule has 0 aliphatic carbocycles. The van der Waals surface area contributed by atoms with Crippen LogP contribution in [0, 0.1) is 0 Å². The zero-order valence-corrected chi connectivity index (χ0v) is 16.6. The number of Topliss-reactive ketones (excluding diaryl/α,β-unsaturated/α-hetero) is 1.